The summed E-state index contributed by atoms with van der Waals surface area (Å²) in [6.45, 7) is 1.73. The first-order chi connectivity index (χ1) is 10.4. The molecule has 0 bridgehead atoms. The largest absolute Gasteiger partial charge is 0.345 e. The number of carbonyl (C=O) groups is 1. The third kappa shape index (κ3) is 3.50. The molecule has 2 aromatic rings. The summed E-state index contributed by atoms with van der Waals surface area (Å²) in [4.78, 5) is 35.9. The lowest BCUT2D eigenvalue weighted by atomic mass is 10.1. The van der Waals surface area contributed by atoms with Crippen molar-refractivity contribution in [3.63, 3.8) is 0 Å². The van der Waals surface area contributed by atoms with E-state index in [9.17, 15) is 19.7 Å². The lowest BCUT2D eigenvalue weighted by molar-refractivity contribution is -0.385. The van der Waals surface area contributed by atoms with Gasteiger partial charge in [-0.25, -0.2) is 0 Å². The number of hydrogen-bond acceptors (Lipinski definition) is 4. The number of hydrogen-bond donors (Lipinski definition) is 2. The van der Waals surface area contributed by atoms with E-state index in [1.165, 1.54) is 0 Å². The van der Waals surface area contributed by atoms with Crippen LogP contribution in [-0.2, 0) is 0 Å². The van der Waals surface area contributed by atoms with E-state index < -0.39 is 16.4 Å². The standard InChI is InChI=1S/C14H12ClN3O4/c1-8(9-2-4-10(15)5-3-9)17-14(20)12-6-11(18(21)22)7-16-13(12)19/h2-8H,1H3,(H,16,19)(H,17,20)/t8-/m0/s1. The molecule has 0 aliphatic heterocycles. The van der Waals surface area contributed by atoms with Gasteiger partial charge in [0.25, 0.3) is 17.2 Å². The Morgan fingerprint density at radius 3 is 2.59 bits per heavy atom. The molecule has 0 saturated carbocycles. The molecule has 0 aliphatic carbocycles. The molecule has 114 valence electrons. The van der Waals surface area contributed by atoms with E-state index in [4.69, 9.17) is 11.6 Å². The van der Waals surface area contributed by atoms with Crippen LogP contribution in [0.1, 0.15) is 28.9 Å². The van der Waals surface area contributed by atoms with Crippen molar-refractivity contribution >= 4 is 23.2 Å². The minimum absolute atomic E-state index is 0.310. The molecule has 22 heavy (non-hydrogen) atoms. The molecule has 0 spiro atoms. The molecule has 1 aromatic carbocycles. The normalized spacial score (nSPS) is 11.7. The van der Waals surface area contributed by atoms with E-state index in [0.717, 1.165) is 17.8 Å². The molecule has 2 rings (SSSR count). The first-order valence-electron chi connectivity index (χ1n) is 6.32. The van der Waals surface area contributed by atoms with Gasteiger partial charge in [-0.15, -0.1) is 0 Å². The van der Waals surface area contributed by atoms with Crippen molar-refractivity contribution in [2.45, 2.75) is 13.0 Å². The van der Waals surface area contributed by atoms with Gasteiger partial charge in [0, 0.05) is 11.1 Å². The van der Waals surface area contributed by atoms with E-state index in [1.54, 1.807) is 31.2 Å². The van der Waals surface area contributed by atoms with Gasteiger partial charge in [0.2, 0.25) is 0 Å². The zero-order valence-corrected chi connectivity index (χ0v) is 12.3. The molecule has 0 saturated heterocycles. The Morgan fingerprint density at radius 1 is 1.36 bits per heavy atom. The quantitative estimate of drug-likeness (QED) is 0.666. The molecule has 1 aromatic heterocycles. The molecule has 0 unspecified atom stereocenters. The number of nitro groups is 1. The highest BCUT2D eigenvalue weighted by molar-refractivity contribution is 6.30. The van der Waals surface area contributed by atoms with Crippen LogP contribution in [0, 0.1) is 10.1 Å². The topological polar surface area (TPSA) is 105 Å². The van der Waals surface area contributed by atoms with Crippen LogP contribution >= 0.6 is 11.6 Å². The van der Waals surface area contributed by atoms with E-state index in [-0.39, 0.29) is 17.3 Å². The number of aromatic nitrogens is 1. The number of halogens is 1. The smallest absolute Gasteiger partial charge is 0.286 e. The summed E-state index contributed by atoms with van der Waals surface area (Å²) < 4.78 is 0. The molecular formula is C14H12ClN3O4. The summed E-state index contributed by atoms with van der Waals surface area (Å²) in [5.74, 6) is -0.688. The highest BCUT2D eigenvalue weighted by Crippen LogP contribution is 2.16. The van der Waals surface area contributed by atoms with Crippen LogP contribution in [0.25, 0.3) is 0 Å². The van der Waals surface area contributed by atoms with Crippen molar-refractivity contribution in [3.05, 3.63) is 73.1 Å². The van der Waals surface area contributed by atoms with Gasteiger partial charge in [0.1, 0.15) is 5.56 Å². The average Bonchev–Trinajstić information content (AvgIpc) is 2.47. The molecule has 0 radical (unpaired) electrons. The Labute approximate surface area is 130 Å². The first-order valence-corrected chi connectivity index (χ1v) is 6.69. The van der Waals surface area contributed by atoms with Gasteiger partial charge in [0.15, 0.2) is 0 Å². The number of benzene rings is 1. The predicted octanol–water partition coefficient (Wildman–Crippen LogP) is 2.43. The van der Waals surface area contributed by atoms with E-state index in [0.29, 0.717) is 5.02 Å². The van der Waals surface area contributed by atoms with Gasteiger partial charge in [-0.05, 0) is 24.6 Å². The Bertz CT molecular complexity index is 770. The highest BCUT2D eigenvalue weighted by atomic mass is 35.5. The Balaban J connectivity index is 2.21. The fraction of sp³-hybridized carbons (Fsp3) is 0.143. The van der Waals surface area contributed by atoms with Gasteiger partial charge >= 0.3 is 0 Å². The summed E-state index contributed by atoms with van der Waals surface area (Å²) in [6.07, 6.45) is 0.946. The van der Waals surface area contributed by atoms with Crippen LogP contribution < -0.4 is 10.9 Å². The van der Waals surface area contributed by atoms with Gasteiger partial charge in [-0.1, -0.05) is 23.7 Å². The number of pyridine rings is 1. The SMILES string of the molecule is C[C@H](NC(=O)c1cc([N+](=O)[O-])c[nH]c1=O)c1ccc(Cl)cc1. The number of amides is 1. The molecule has 8 heteroatoms. The van der Waals surface area contributed by atoms with Gasteiger partial charge in [-0.3, -0.25) is 19.7 Å². The molecule has 1 amide bonds. The Kier molecular flexibility index (Phi) is 4.57. The molecular weight excluding hydrogens is 310 g/mol. The number of nitrogens with zero attached hydrogens (tertiary/aromatic N) is 1. The monoisotopic (exact) mass is 321 g/mol. The predicted molar refractivity (Wildman–Crippen MR) is 81.1 cm³/mol. The number of carbonyl (C=O) groups excluding carboxylic acids is 1. The second kappa shape index (κ2) is 6.40. The Morgan fingerprint density at radius 2 is 2.00 bits per heavy atom. The highest BCUT2D eigenvalue weighted by Gasteiger charge is 2.18. The van der Waals surface area contributed by atoms with Crippen LogP contribution in [0.4, 0.5) is 5.69 Å². The fourth-order valence-corrected chi connectivity index (χ4v) is 1.98. The summed E-state index contributed by atoms with van der Waals surface area (Å²) in [6, 6.07) is 7.40. The van der Waals surface area contributed by atoms with Crippen molar-refractivity contribution in [1.82, 2.24) is 10.3 Å². The van der Waals surface area contributed by atoms with Crippen LogP contribution in [0.3, 0.4) is 0 Å². The number of rotatable bonds is 4. The van der Waals surface area contributed by atoms with Gasteiger partial charge < -0.3 is 10.3 Å². The average molecular weight is 322 g/mol. The zero-order chi connectivity index (χ0) is 16.3. The van der Waals surface area contributed by atoms with Crippen molar-refractivity contribution < 1.29 is 9.72 Å². The molecule has 0 fully saturated rings. The molecule has 7 nitrogen and oxygen atoms in total. The van der Waals surface area contributed by atoms with Crippen LogP contribution in [0.5, 0.6) is 0 Å². The van der Waals surface area contributed by atoms with Crippen molar-refractivity contribution in [3.8, 4) is 0 Å². The summed E-state index contributed by atoms with van der Waals surface area (Å²) in [7, 11) is 0. The summed E-state index contributed by atoms with van der Waals surface area (Å²) >= 11 is 5.79. The minimum Gasteiger partial charge on any atom is -0.345 e. The lowest BCUT2D eigenvalue weighted by Gasteiger charge is -2.14. The number of H-pyrrole nitrogens is 1. The van der Waals surface area contributed by atoms with Crippen molar-refractivity contribution in [2.24, 2.45) is 0 Å². The maximum Gasteiger partial charge on any atom is 0.286 e. The van der Waals surface area contributed by atoms with Gasteiger partial charge in [0.05, 0.1) is 17.2 Å². The lowest BCUT2D eigenvalue weighted by Crippen LogP contribution is -2.31. The van der Waals surface area contributed by atoms with Gasteiger partial charge in [-0.2, -0.15) is 0 Å². The number of aromatic amines is 1. The molecule has 0 aliphatic rings. The van der Waals surface area contributed by atoms with Crippen molar-refractivity contribution in [1.29, 1.82) is 0 Å². The van der Waals surface area contributed by atoms with E-state index in [2.05, 4.69) is 10.3 Å². The maximum atomic E-state index is 12.1. The van der Waals surface area contributed by atoms with E-state index >= 15 is 0 Å². The third-order valence-corrected chi connectivity index (χ3v) is 3.31. The van der Waals surface area contributed by atoms with Crippen molar-refractivity contribution in [2.75, 3.05) is 0 Å². The van der Waals surface area contributed by atoms with Crippen LogP contribution in [-0.4, -0.2) is 15.8 Å². The first kappa shape index (κ1) is 15.7. The second-order valence-corrected chi connectivity index (χ2v) is 5.04. The summed E-state index contributed by atoms with van der Waals surface area (Å²) in [5.41, 5.74) is -0.565. The maximum absolute atomic E-state index is 12.1. The van der Waals surface area contributed by atoms with Crippen LogP contribution in [0.2, 0.25) is 5.02 Å². The third-order valence-electron chi connectivity index (χ3n) is 3.06. The zero-order valence-electron chi connectivity index (χ0n) is 11.5. The second-order valence-electron chi connectivity index (χ2n) is 4.60. The fourth-order valence-electron chi connectivity index (χ4n) is 1.86. The number of nitrogens with one attached hydrogen (secondary N) is 2. The molecule has 2 N–H and O–H groups in total. The van der Waals surface area contributed by atoms with E-state index in [1.807, 2.05) is 0 Å². The molecule has 1 heterocycles. The Hall–Kier alpha value is -2.67. The summed E-state index contributed by atoms with van der Waals surface area (Å²) in [5, 5.41) is 13.9. The van der Waals surface area contributed by atoms with Crippen LogP contribution in [0.15, 0.2) is 41.3 Å². The molecule has 1 atom stereocenters. The minimum atomic E-state index is -0.689.